The number of halogens is 1. The van der Waals surface area contributed by atoms with Crippen molar-refractivity contribution in [2.45, 2.75) is 17.4 Å². The molecular weight excluding hydrogens is 438 g/mol. The fourth-order valence-corrected chi connectivity index (χ4v) is 3.98. The van der Waals surface area contributed by atoms with Gasteiger partial charge in [-0.05, 0) is 30.3 Å². The number of aryl methyl sites for hydroxylation is 1. The minimum Gasteiger partial charge on any atom is -0.496 e. The van der Waals surface area contributed by atoms with Crippen molar-refractivity contribution in [1.82, 2.24) is 14.9 Å². The van der Waals surface area contributed by atoms with Crippen LogP contribution in [0.15, 0.2) is 70.3 Å². The van der Waals surface area contributed by atoms with Gasteiger partial charge in [-0.15, -0.1) is 11.8 Å². The Labute approximate surface area is 177 Å². The quantitative estimate of drug-likeness (QED) is 0.500. The smallest absolute Gasteiger partial charge is 0.221 e. The molecule has 146 valence electrons. The first-order valence-electron chi connectivity index (χ1n) is 8.86. The molecule has 0 saturated carbocycles. The second kappa shape index (κ2) is 9.80. The molecule has 1 unspecified atom stereocenters. The normalized spacial score (nSPS) is 11.8. The van der Waals surface area contributed by atoms with Crippen LogP contribution >= 0.6 is 27.7 Å². The molecule has 3 aromatic rings. The van der Waals surface area contributed by atoms with E-state index in [2.05, 4.69) is 26.2 Å². The molecule has 1 aromatic heterocycles. The molecule has 7 heteroatoms. The van der Waals surface area contributed by atoms with E-state index < -0.39 is 0 Å². The molecular formula is C21H22BrN3O2S. The van der Waals surface area contributed by atoms with E-state index in [-0.39, 0.29) is 11.9 Å². The molecule has 0 fully saturated rings. The van der Waals surface area contributed by atoms with Crippen molar-refractivity contribution < 1.29 is 9.53 Å². The van der Waals surface area contributed by atoms with Crippen LogP contribution in [0.3, 0.4) is 0 Å². The van der Waals surface area contributed by atoms with Crippen molar-refractivity contribution in [2.75, 3.05) is 12.9 Å². The number of aromatic nitrogens is 2. The van der Waals surface area contributed by atoms with Crippen molar-refractivity contribution in [1.29, 1.82) is 0 Å². The van der Waals surface area contributed by atoms with E-state index in [1.807, 2.05) is 66.3 Å². The maximum atomic E-state index is 12.7. The fraction of sp³-hybridized carbons (Fsp3) is 0.238. The van der Waals surface area contributed by atoms with Crippen molar-refractivity contribution in [3.63, 3.8) is 0 Å². The molecule has 28 heavy (non-hydrogen) atoms. The van der Waals surface area contributed by atoms with Gasteiger partial charge in [-0.1, -0.05) is 34.1 Å². The van der Waals surface area contributed by atoms with Gasteiger partial charge in [0.25, 0.3) is 0 Å². The van der Waals surface area contributed by atoms with Gasteiger partial charge >= 0.3 is 0 Å². The zero-order chi connectivity index (χ0) is 19.9. The summed E-state index contributed by atoms with van der Waals surface area (Å²) in [4.78, 5) is 18.2. The van der Waals surface area contributed by atoms with E-state index in [0.29, 0.717) is 12.2 Å². The molecule has 3 rings (SSSR count). The van der Waals surface area contributed by atoms with E-state index in [1.54, 1.807) is 25.1 Å². The Bertz CT molecular complexity index is 927. The Balaban J connectivity index is 1.70. The molecule has 1 heterocycles. The Morgan fingerprint density at radius 3 is 2.68 bits per heavy atom. The second-order valence-electron chi connectivity index (χ2n) is 6.19. The molecule has 5 nitrogen and oxygen atoms in total. The van der Waals surface area contributed by atoms with Crippen LogP contribution in [0.5, 0.6) is 5.75 Å². The summed E-state index contributed by atoms with van der Waals surface area (Å²) in [5.74, 6) is 2.16. The van der Waals surface area contributed by atoms with Crippen LogP contribution in [0.4, 0.5) is 0 Å². The summed E-state index contributed by atoms with van der Waals surface area (Å²) in [6.07, 6.45) is 4.01. The van der Waals surface area contributed by atoms with E-state index in [0.717, 1.165) is 26.5 Å². The molecule has 0 aliphatic carbocycles. The van der Waals surface area contributed by atoms with Crippen LogP contribution < -0.4 is 10.1 Å². The zero-order valence-corrected chi connectivity index (χ0v) is 18.2. The third-order valence-electron chi connectivity index (χ3n) is 4.28. The van der Waals surface area contributed by atoms with Gasteiger partial charge in [0.05, 0.1) is 7.11 Å². The summed E-state index contributed by atoms with van der Waals surface area (Å²) in [6.45, 7) is 0. The first kappa shape index (κ1) is 20.5. The number of carbonyl (C=O) groups excluding carboxylic acids is 1. The summed E-state index contributed by atoms with van der Waals surface area (Å²) >= 11 is 5.09. The third-order valence-corrected chi connectivity index (χ3v) is 5.83. The molecule has 0 spiro atoms. The number of methoxy groups -OCH3 is 1. The molecule has 1 amide bonds. The van der Waals surface area contributed by atoms with Crippen LogP contribution in [0.2, 0.25) is 0 Å². The van der Waals surface area contributed by atoms with Crippen molar-refractivity contribution in [3.05, 3.63) is 76.8 Å². The van der Waals surface area contributed by atoms with Crippen LogP contribution in [0.1, 0.15) is 23.9 Å². The minimum absolute atomic E-state index is 0.0245. The summed E-state index contributed by atoms with van der Waals surface area (Å²) in [7, 11) is 3.55. The van der Waals surface area contributed by atoms with E-state index in [4.69, 9.17) is 4.74 Å². The van der Waals surface area contributed by atoms with Gasteiger partial charge in [-0.25, -0.2) is 4.98 Å². The Morgan fingerprint density at radius 1 is 1.25 bits per heavy atom. The molecule has 2 aromatic carbocycles. The van der Waals surface area contributed by atoms with Crippen molar-refractivity contribution in [2.24, 2.45) is 7.05 Å². The Hall–Kier alpha value is -2.25. The van der Waals surface area contributed by atoms with E-state index >= 15 is 0 Å². The average Bonchev–Trinajstić information content (AvgIpc) is 3.13. The highest BCUT2D eigenvalue weighted by atomic mass is 79.9. The van der Waals surface area contributed by atoms with Gasteiger partial charge in [-0.3, -0.25) is 4.79 Å². The lowest BCUT2D eigenvalue weighted by Gasteiger charge is -2.21. The highest BCUT2D eigenvalue weighted by Gasteiger charge is 2.23. The van der Waals surface area contributed by atoms with E-state index in [1.165, 1.54) is 0 Å². The first-order chi connectivity index (χ1) is 13.6. The zero-order valence-electron chi connectivity index (χ0n) is 15.8. The molecule has 0 bridgehead atoms. The topological polar surface area (TPSA) is 56.1 Å². The summed E-state index contributed by atoms with van der Waals surface area (Å²) in [5.41, 5.74) is 0.883. The van der Waals surface area contributed by atoms with Crippen LogP contribution in [-0.2, 0) is 11.8 Å². The SMILES string of the molecule is COc1ccccc1C(NC(=O)CCSc1ccc(Br)cc1)c1nccn1C. The molecule has 0 aliphatic rings. The molecule has 0 saturated heterocycles. The molecule has 1 N–H and O–H groups in total. The van der Waals surface area contributed by atoms with Crippen molar-refractivity contribution in [3.8, 4) is 5.75 Å². The molecule has 1 atom stereocenters. The van der Waals surface area contributed by atoms with Crippen LogP contribution in [-0.4, -0.2) is 28.3 Å². The number of benzene rings is 2. The fourth-order valence-electron chi connectivity index (χ4n) is 2.87. The van der Waals surface area contributed by atoms with E-state index in [9.17, 15) is 4.79 Å². The molecule has 0 radical (unpaired) electrons. The summed E-state index contributed by atoms with van der Waals surface area (Å²) < 4.78 is 8.45. The van der Waals surface area contributed by atoms with Gasteiger partial charge in [0.2, 0.25) is 5.91 Å². The summed E-state index contributed by atoms with van der Waals surface area (Å²) in [6, 6.07) is 15.4. The highest BCUT2D eigenvalue weighted by molar-refractivity contribution is 9.10. The number of para-hydroxylation sites is 1. The van der Waals surface area contributed by atoms with Gasteiger partial charge < -0.3 is 14.6 Å². The Kier molecular flexibility index (Phi) is 7.17. The van der Waals surface area contributed by atoms with Gasteiger partial charge in [-0.2, -0.15) is 0 Å². The number of nitrogens with zero attached hydrogens (tertiary/aromatic N) is 2. The number of carbonyl (C=O) groups is 1. The highest BCUT2D eigenvalue weighted by Crippen LogP contribution is 2.29. The predicted molar refractivity (Wildman–Crippen MR) is 116 cm³/mol. The largest absolute Gasteiger partial charge is 0.496 e. The maximum absolute atomic E-state index is 12.7. The van der Waals surface area contributed by atoms with Crippen LogP contribution in [0, 0.1) is 0 Å². The lowest BCUT2D eigenvalue weighted by atomic mass is 10.0. The third kappa shape index (κ3) is 5.17. The van der Waals surface area contributed by atoms with Crippen molar-refractivity contribution >= 4 is 33.6 Å². The predicted octanol–water partition coefficient (Wildman–Crippen LogP) is 4.58. The first-order valence-corrected chi connectivity index (χ1v) is 10.6. The summed E-state index contributed by atoms with van der Waals surface area (Å²) in [5, 5.41) is 3.12. The number of thioether (sulfide) groups is 1. The number of hydrogen-bond acceptors (Lipinski definition) is 4. The number of nitrogens with one attached hydrogen (secondary N) is 1. The lowest BCUT2D eigenvalue weighted by molar-refractivity contribution is -0.121. The monoisotopic (exact) mass is 459 g/mol. The van der Waals surface area contributed by atoms with Gasteiger partial charge in [0.15, 0.2) is 0 Å². The van der Waals surface area contributed by atoms with Crippen LogP contribution in [0.25, 0.3) is 0 Å². The van der Waals surface area contributed by atoms with Gasteiger partial charge in [0, 0.05) is 46.5 Å². The minimum atomic E-state index is -0.374. The number of rotatable bonds is 8. The number of amides is 1. The number of imidazole rings is 1. The molecule has 0 aliphatic heterocycles. The maximum Gasteiger partial charge on any atom is 0.221 e. The lowest BCUT2D eigenvalue weighted by Crippen LogP contribution is -2.31. The van der Waals surface area contributed by atoms with Gasteiger partial charge in [0.1, 0.15) is 17.6 Å². The Morgan fingerprint density at radius 2 is 2.00 bits per heavy atom. The average molecular weight is 460 g/mol. The standard InChI is InChI=1S/C21H22BrN3O2S/c1-25-13-12-23-21(25)20(17-5-3-4-6-18(17)27-2)24-19(26)11-14-28-16-9-7-15(22)8-10-16/h3-10,12-13,20H,11,14H2,1-2H3,(H,24,26). The second-order valence-corrected chi connectivity index (χ2v) is 8.28. The number of ether oxygens (including phenoxy) is 1. The number of hydrogen-bond donors (Lipinski definition) is 1.